The molecule has 0 bridgehead atoms. The highest BCUT2D eigenvalue weighted by molar-refractivity contribution is 5.79. The van der Waals surface area contributed by atoms with Crippen LogP contribution in [0.5, 0.6) is 0 Å². The van der Waals surface area contributed by atoms with Gasteiger partial charge in [-0.3, -0.25) is 0 Å². The van der Waals surface area contributed by atoms with Crippen molar-refractivity contribution in [3.63, 3.8) is 0 Å². The monoisotopic (exact) mass is 319 g/mol. The Labute approximate surface area is 145 Å². The summed E-state index contributed by atoms with van der Waals surface area (Å²) in [6.45, 7) is 0.240. The van der Waals surface area contributed by atoms with E-state index in [2.05, 4.69) is 6.07 Å². The van der Waals surface area contributed by atoms with Crippen LogP contribution in [0.4, 0.5) is 0 Å². The average Bonchev–Trinajstić information content (AvgIpc) is 2.66. The molecule has 0 radical (unpaired) electrons. The molecular weight excluding hydrogens is 294 g/mol. The van der Waals surface area contributed by atoms with Gasteiger partial charge in [-0.15, -0.1) is 0 Å². The minimum Gasteiger partial charge on any atom is -0.396 e. The summed E-state index contributed by atoms with van der Waals surface area (Å²) in [4.78, 5) is 0. The summed E-state index contributed by atoms with van der Waals surface area (Å²) in [5.74, 6) is 0. The van der Waals surface area contributed by atoms with Crippen LogP contribution in [0, 0.1) is 11.3 Å². The first-order chi connectivity index (χ1) is 11.8. The molecule has 1 aliphatic carbocycles. The number of aliphatic hydroxyl groups is 1. The van der Waals surface area contributed by atoms with E-state index >= 15 is 0 Å². The van der Waals surface area contributed by atoms with Crippen molar-refractivity contribution in [1.82, 2.24) is 0 Å². The van der Waals surface area contributed by atoms with Crippen LogP contribution in [-0.4, -0.2) is 11.7 Å². The van der Waals surface area contributed by atoms with Crippen LogP contribution in [0.1, 0.15) is 43.2 Å². The summed E-state index contributed by atoms with van der Waals surface area (Å²) in [5.41, 5.74) is 4.54. The molecule has 0 saturated heterocycles. The summed E-state index contributed by atoms with van der Waals surface area (Å²) in [6, 6.07) is 22.4. The van der Waals surface area contributed by atoms with Crippen molar-refractivity contribution >= 4 is 5.57 Å². The lowest BCUT2D eigenvalue weighted by Crippen LogP contribution is -1.97. The number of aliphatic hydroxyl groups excluding tert-OH is 1. The molecule has 0 atom stereocenters. The van der Waals surface area contributed by atoms with Gasteiger partial charge in [0.1, 0.15) is 0 Å². The van der Waals surface area contributed by atoms with Crippen molar-refractivity contribution in [2.75, 3.05) is 6.61 Å². The minimum atomic E-state index is 0.240. The van der Waals surface area contributed by atoms with E-state index in [0.717, 1.165) is 30.4 Å². The third-order valence-corrected chi connectivity index (χ3v) is 4.23. The maximum Gasteiger partial charge on any atom is 0.0997 e. The maximum atomic E-state index is 9.22. The second-order valence-corrected chi connectivity index (χ2v) is 5.98. The number of benzene rings is 2. The zero-order valence-electron chi connectivity index (χ0n) is 14.1. The molecule has 2 aromatic rings. The third-order valence-electron chi connectivity index (χ3n) is 4.23. The van der Waals surface area contributed by atoms with Crippen LogP contribution in [0.15, 0.2) is 66.2 Å². The molecule has 0 spiro atoms. The number of allylic oxidation sites excluding steroid dienone is 2. The number of nitriles is 1. The summed E-state index contributed by atoms with van der Waals surface area (Å²) < 4.78 is 0. The molecule has 3 rings (SSSR count). The van der Waals surface area contributed by atoms with Gasteiger partial charge in [0.2, 0.25) is 0 Å². The zero-order chi connectivity index (χ0) is 17.0. The second-order valence-electron chi connectivity index (χ2n) is 5.98. The quantitative estimate of drug-likeness (QED) is 0.795. The summed E-state index contributed by atoms with van der Waals surface area (Å²) in [6.07, 6.45) is 6.79. The van der Waals surface area contributed by atoms with Crippen LogP contribution in [0.3, 0.4) is 0 Å². The highest BCUT2D eigenvalue weighted by Crippen LogP contribution is 2.29. The van der Waals surface area contributed by atoms with Crippen molar-refractivity contribution in [1.29, 1.82) is 5.26 Å². The van der Waals surface area contributed by atoms with Crippen LogP contribution in [0.25, 0.3) is 5.57 Å². The largest absolute Gasteiger partial charge is 0.396 e. The Morgan fingerprint density at radius 2 is 1.46 bits per heavy atom. The molecule has 2 heteroatoms. The molecule has 24 heavy (non-hydrogen) atoms. The molecule has 0 heterocycles. The Kier molecular flexibility index (Phi) is 7.80. The Hall–Kier alpha value is -2.37. The van der Waals surface area contributed by atoms with E-state index < -0.39 is 0 Å². The lowest BCUT2D eigenvalue weighted by molar-refractivity contribution is 0.299. The van der Waals surface area contributed by atoms with Gasteiger partial charge < -0.3 is 5.11 Å². The normalized spacial score (nSPS) is 13.4. The van der Waals surface area contributed by atoms with Gasteiger partial charge in [0, 0.05) is 6.61 Å². The van der Waals surface area contributed by atoms with E-state index in [1.54, 1.807) is 0 Å². The van der Waals surface area contributed by atoms with Crippen LogP contribution < -0.4 is 0 Å². The van der Waals surface area contributed by atoms with Gasteiger partial charge in [-0.25, -0.2) is 0 Å². The smallest absolute Gasteiger partial charge is 0.0997 e. The fourth-order valence-corrected chi connectivity index (χ4v) is 2.95. The maximum absolute atomic E-state index is 9.22. The number of nitrogens with zero attached hydrogens (tertiary/aromatic N) is 1. The van der Waals surface area contributed by atoms with Gasteiger partial charge in [-0.1, -0.05) is 72.7 Å². The molecule has 0 aliphatic heterocycles. The fraction of sp³-hybridized carbons (Fsp3) is 0.318. The Bertz CT molecular complexity index is 660. The third kappa shape index (κ3) is 5.68. The van der Waals surface area contributed by atoms with Crippen molar-refractivity contribution in [2.24, 2.45) is 0 Å². The molecule has 0 amide bonds. The van der Waals surface area contributed by atoms with Gasteiger partial charge in [0.25, 0.3) is 0 Å². The predicted molar refractivity (Wildman–Crippen MR) is 99.3 cm³/mol. The Morgan fingerprint density at radius 3 is 2.00 bits per heavy atom. The van der Waals surface area contributed by atoms with Gasteiger partial charge in [-0.2, -0.15) is 5.26 Å². The van der Waals surface area contributed by atoms with E-state index in [4.69, 9.17) is 5.11 Å². The Balaban J connectivity index is 0.000000198. The lowest BCUT2D eigenvalue weighted by Gasteiger charge is -2.15. The fourth-order valence-electron chi connectivity index (χ4n) is 2.95. The first-order valence-electron chi connectivity index (χ1n) is 8.67. The van der Waals surface area contributed by atoms with Crippen molar-refractivity contribution in [3.05, 3.63) is 77.4 Å². The topological polar surface area (TPSA) is 44.0 Å². The molecule has 0 aromatic heterocycles. The number of hydrogen-bond donors (Lipinski definition) is 1. The lowest BCUT2D eigenvalue weighted by atomic mass is 9.89. The average molecular weight is 319 g/mol. The first-order valence-corrected chi connectivity index (χ1v) is 8.67. The molecule has 124 valence electrons. The summed E-state index contributed by atoms with van der Waals surface area (Å²) >= 11 is 0. The van der Waals surface area contributed by atoms with Crippen LogP contribution in [-0.2, 0) is 6.42 Å². The molecule has 1 aliphatic rings. The second kappa shape index (κ2) is 10.4. The van der Waals surface area contributed by atoms with Crippen LogP contribution >= 0.6 is 0 Å². The highest BCUT2D eigenvalue weighted by atomic mass is 16.2. The van der Waals surface area contributed by atoms with Gasteiger partial charge in [0.15, 0.2) is 0 Å². The molecule has 0 unspecified atom stereocenters. The Morgan fingerprint density at radius 1 is 0.875 bits per heavy atom. The van der Waals surface area contributed by atoms with E-state index in [0.29, 0.717) is 0 Å². The van der Waals surface area contributed by atoms with E-state index in [1.165, 1.54) is 30.4 Å². The van der Waals surface area contributed by atoms with Crippen molar-refractivity contribution in [3.8, 4) is 6.07 Å². The number of rotatable bonds is 3. The van der Waals surface area contributed by atoms with Crippen molar-refractivity contribution in [2.45, 2.75) is 38.5 Å². The summed E-state index contributed by atoms with van der Waals surface area (Å²) in [7, 11) is 0. The van der Waals surface area contributed by atoms with E-state index in [-0.39, 0.29) is 6.61 Å². The molecule has 1 N–H and O–H groups in total. The molecule has 2 nitrogen and oxygen atoms in total. The standard InChI is InChI=1S/C14H15N.C8H10O/c15-11-14(12-7-3-1-4-8-12)13-9-5-2-6-10-13;9-7-6-8-4-2-1-3-5-8/h1,3-4,7-8H,2,5-6,9-10H2;1-5,9H,6-7H2. The molecular formula is C22H25NO. The molecule has 2 aromatic carbocycles. The highest BCUT2D eigenvalue weighted by Gasteiger charge is 2.12. The first kappa shape index (κ1) is 18.0. The van der Waals surface area contributed by atoms with E-state index in [9.17, 15) is 5.26 Å². The van der Waals surface area contributed by atoms with Gasteiger partial charge in [-0.05, 0) is 43.2 Å². The number of hydrogen-bond acceptors (Lipinski definition) is 2. The zero-order valence-corrected chi connectivity index (χ0v) is 14.1. The van der Waals surface area contributed by atoms with Gasteiger partial charge in [0.05, 0.1) is 11.6 Å². The molecule has 1 fully saturated rings. The minimum absolute atomic E-state index is 0.240. The van der Waals surface area contributed by atoms with Crippen LogP contribution in [0.2, 0.25) is 0 Å². The predicted octanol–water partition coefficient (Wildman–Crippen LogP) is 5.15. The SMILES string of the molecule is N#CC(=C1CCCCC1)c1ccccc1.OCCc1ccccc1. The van der Waals surface area contributed by atoms with Gasteiger partial charge >= 0.3 is 0 Å². The summed E-state index contributed by atoms with van der Waals surface area (Å²) in [5, 5.41) is 17.7. The van der Waals surface area contributed by atoms with E-state index in [1.807, 2.05) is 60.7 Å². The molecule has 1 saturated carbocycles. The van der Waals surface area contributed by atoms with Crippen molar-refractivity contribution < 1.29 is 5.11 Å².